The Morgan fingerprint density at radius 2 is 1.86 bits per heavy atom. The molecule has 2 aromatic rings. The molecule has 0 unspecified atom stereocenters. The number of hydrogen-bond donors (Lipinski definition) is 1. The van der Waals surface area contributed by atoms with E-state index in [0.29, 0.717) is 0 Å². The Bertz CT molecular complexity index is 426. The van der Waals surface area contributed by atoms with E-state index in [1.54, 1.807) is 23.5 Å². The van der Waals surface area contributed by atoms with Crippen LogP contribution in [0, 0.1) is 0 Å². The van der Waals surface area contributed by atoms with Crippen LogP contribution in [0.25, 0.3) is 5.57 Å². The molecule has 2 rings (SSSR count). The van der Waals surface area contributed by atoms with Crippen LogP contribution in [0.4, 0.5) is 0 Å². The van der Waals surface area contributed by atoms with Crippen molar-refractivity contribution in [1.82, 2.24) is 0 Å². The monoisotopic (exact) mass is 202 g/mol. The second-order valence-corrected chi connectivity index (χ2v) is 3.95. The van der Waals surface area contributed by atoms with Crippen LogP contribution in [0.1, 0.15) is 10.4 Å². The molecule has 0 aliphatic rings. The van der Waals surface area contributed by atoms with E-state index in [4.69, 9.17) is 5.11 Å². The highest BCUT2D eigenvalue weighted by Crippen LogP contribution is 2.26. The van der Waals surface area contributed by atoms with E-state index in [1.165, 1.54) is 0 Å². The summed E-state index contributed by atoms with van der Waals surface area (Å²) < 4.78 is 0. The van der Waals surface area contributed by atoms with Gasteiger partial charge in [0.25, 0.3) is 0 Å². The zero-order valence-corrected chi connectivity index (χ0v) is 8.42. The summed E-state index contributed by atoms with van der Waals surface area (Å²) in [5, 5.41) is 11.2. The van der Waals surface area contributed by atoms with E-state index in [1.807, 2.05) is 29.6 Å². The van der Waals surface area contributed by atoms with Crippen molar-refractivity contribution in [2.24, 2.45) is 0 Å². The van der Waals surface area contributed by atoms with Crippen LogP contribution in [-0.4, -0.2) is 5.11 Å². The molecule has 0 spiro atoms. The lowest BCUT2D eigenvalue weighted by molar-refractivity contribution is 0.475. The van der Waals surface area contributed by atoms with Crippen molar-refractivity contribution in [1.29, 1.82) is 0 Å². The molecule has 0 fully saturated rings. The standard InChI is InChI=1S/C12H10OS/c1-9(12-3-2-8-14-12)10-4-6-11(13)7-5-10/h2-8,13H,1H2. The molecule has 1 aromatic heterocycles. The van der Waals surface area contributed by atoms with Crippen LogP contribution < -0.4 is 0 Å². The van der Waals surface area contributed by atoms with Gasteiger partial charge in [0.2, 0.25) is 0 Å². The topological polar surface area (TPSA) is 20.2 Å². The Morgan fingerprint density at radius 3 is 2.43 bits per heavy atom. The minimum absolute atomic E-state index is 0.285. The molecule has 0 saturated heterocycles. The lowest BCUT2D eigenvalue weighted by Gasteiger charge is -2.02. The van der Waals surface area contributed by atoms with Crippen LogP contribution in [0.3, 0.4) is 0 Å². The van der Waals surface area contributed by atoms with Crippen LogP contribution in [-0.2, 0) is 0 Å². The van der Waals surface area contributed by atoms with E-state index in [-0.39, 0.29) is 5.75 Å². The van der Waals surface area contributed by atoms with Gasteiger partial charge in [0.1, 0.15) is 5.75 Å². The molecule has 1 heterocycles. The number of phenols is 1. The van der Waals surface area contributed by atoms with E-state index in [0.717, 1.165) is 16.0 Å². The molecule has 0 bridgehead atoms. The minimum atomic E-state index is 0.285. The smallest absolute Gasteiger partial charge is 0.115 e. The van der Waals surface area contributed by atoms with Gasteiger partial charge in [0.15, 0.2) is 0 Å². The van der Waals surface area contributed by atoms with Gasteiger partial charge >= 0.3 is 0 Å². The first-order valence-corrected chi connectivity index (χ1v) is 5.17. The first kappa shape index (κ1) is 9.03. The summed E-state index contributed by atoms with van der Waals surface area (Å²) in [6, 6.07) is 11.1. The maximum absolute atomic E-state index is 9.14. The van der Waals surface area contributed by atoms with Gasteiger partial charge in [-0.2, -0.15) is 0 Å². The Kier molecular flexibility index (Phi) is 2.37. The Hall–Kier alpha value is -1.54. The van der Waals surface area contributed by atoms with Gasteiger partial charge in [-0.3, -0.25) is 0 Å². The molecular weight excluding hydrogens is 192 g/mol. The fraction of sp³-hybridized carbons (Fsp3) is 0. The quantitative estimate of drug-likeness (QED) is 0.790. The van der Waals surface area contributed by atoms with Gasteiger partial charge in [0.05, 0.1) is 0 Å². The predicted octanol–water partition coefficient (Wildman–Crippen LogP) is 3.52. The first-order chi connectivity index (χ1) is 6.77. The van der Waals surface area contributed by atoms with Crippen LogP contribution >= 0.6 is 11.3 Å². The molecule has 0 atom stereocenters. The minimum Gasteiger partial charge on any atom is -0.508 e. The molecule has 14 heavy (non-hydrogen) atoms. The van der Waals surface area contributed by atoms with Crippen molar-refractivity contribution in [2.45, 2.75) is 0 Å². The highest BCUT2D eigenvalue weighted by Gasteiger charge is 2.02. The molecule has 0 radical (unpaired) electrons. The van der Waals surface area contributed by atoms with Gasteiger partial charge in [-0.25, -0.2) is 0 Å². The molecular formula is C12H10OS. The second kappa shape index (κ2) is 3.68. The van der Waals surface area contributed by atoms with E-state index in [9.17, 15) is 0 Å². The van der Waals surface area contributed by atoms with Crippen molar-refractivity contribution < 1.29 is 5.11 Å². The van der Waals surface area contributed by atoms with E-state index in [2.05, 4.69) is 6.58 Å². The van der Waals surface area contributed by atoms with Gasteiger partial charge in [0, 0.05) is 4.88 Å². The van der Waals surface area contributed by atoms with Crippen LogP contribution in [0.2, 0.25) is 0 Å². The van der Waals surface area contributed by atoms with Crippen molar-refractivity contribution >= 4 is 16.9 Å². The largest absolute Gasteiger partial charge is 0.508 e. The van der Waals surface area contributed by atoms with Crippen LogP contribution in [0.5, 0.6) is 5.75 Å². The molecule has 0 amide bonds. The number of phenolic OH excluding ortho intramolecular Hbond substituents is 1. The third-order valence-corrected chi connectivity index (χ3v) is 2.96. The number of aromatic hydroxyl groups is 1. The highest BCUT2D eigenvalue weighted by molar-refractivity contribution is 7.11. The van der Waals surface area contributed by atoms with Gasteiger partial charge in [-0.1, -0.05) is 24.8 Å². The number of rotatable bonds is 2. The third-order valence-electron chi connectivity index (χ3n) is 2.03. The lowest BCUT2D eigenvalue weighted by atomic mass is 10.1. The summed E-state index contributed by atoms with van der Waals surface area (Å²) in [5.74, 6) is 0.285. The molecule has 0 saturated carbocycles. The Balaban J connectivity index is 2.33. The molecule has 0 aliphatic carbocycles. The van der Waals surface area contributed by atoms with Gasteiger partial charge in [-0.05, 0) is 34.7 Å². The predicted molar refractivity (Wildman–Crippen MR) is 60.6 cm³/mol. The third kappa shape index (κ3) is 1.70. The maximum Gasteiger partial charge on any atom is 0.115 e. The molecule has 1 N–H and O–H groups in total. The fourth-order valence-electron chi connectivity index (χ4n) is 1.26. The Morgan fingerprint density at radius 1 is 1.14 bits per heavy atom. The number of benzene rings is 1. The fourth-order valence-corrected chi connectivity index (χ4v) is 1.98. The summed E-state index contributed by atoms with van der Waals surface area (Å²) in [7, 11) is 0. The second-order valence-electron chi connectivity index (χ2n) is 3.00. The summed E-state index contributed by atoms with van der Waals surface area (Å²) in [5.41, 5.74) is 2.05. The van der Waals surface area contributed by atoms with Crippen molar-refractivity contribution in [3.63, 3.8) is 0 Å². The van der Waals surface area contributed by atoms with Gasteiger partial charge < -0.3 is 5.11 Å². The zero-order valence-electron chi connectivity index (χ0n) is 7.60. The van der Waals surface area contributed by atoms with Gasteiger partial charge in [-0.15, -0.1) is 11.3 Å². The molecule has 2 heteroatoms. The van der Waals surface area contributed by atoms with Crippen molar-refractivity contribution in [3.05, 3.63) is 58.8 Å². The lowest BCUT2D eigenvalue weighted by Crippen LogP contribution is -1.80. The number of hydrogen-bond acceptors (Lipinski definition) is 2. The Labute approximate surface area is 87.0 Å². The molecule has 1 nitrogen and oxygen atoms in total. The zero-order chi connectivity index (χ0) is 9.97. The summed E-state index contributed by atoms with van der Waals surface area (Å²) in [6.07, 6.45) is 0. The first-order valence-electron chi connectivity index (χ1n) is 4.29. The number of thiophene rings is 1. The summed E-state index contributed by atoms with van der Waals surface area (Å²) >= 11 is 1.67. The van der Waals surface area contributed by atoms with E-state index < -0.39 is 0 Å². The maximum atomic E-state index is 9.14. The van der Waals surface area contributed by atoms with Crippen molar-refractivity contribution in [2.75, 3.05) is 0 Å². The average molecular weight is 202 g/mol. The van der Waals surface area contributed by atoms with Crippen molar-refractivity contribution in [3.8, 4) is 5.75 Å². The summed E-state index contributed by atoms with van der Waals surface area (Å²) in [6.45, 7) is 4.03. The van der Waals surface area contributed by atoms with Crippen LogP contribution in [0.15, 0.2) is 48.4 Å². The SMILES string of the molecule is C=C(c1ccc(O)cc1)c1cccs1. The molecule has 1 aromatic carbocycles. The highest BCUT2D eigenvalue weighted by atomic mass is 32.1. The summed E-state index contributed by atoms with van der Waals surface area (Å²) in [4.78, 5) is 1.16. The normalized spacial score (nSPS) is 10.0. The van der Waals surface area contributed by atoms with E-state index >= 15 is 0 Å². The molecule has 0 aliphatic heterocycles. The molecule has 70 valence electrons. The average Bonchev–Trinajstić information content (AvgIpc) is 2.71.